The number of ether oxygens (including phenoxy) is 1. The van der Waals surface area contributed by atoms with Crippen molar-refractivity contribution < 1.29 is 14.3 Å². The van der Waals surface area contributed by atoms with Crippen molar-refractivity contribution in [3.63, 3.8) is 0 Å². The van der Waals surface area contributed by atoms with Gasteiger partial charge in [-0.05, 0) is 43.9 Å². The summed E-state index contributed by atoms with van der Waals surface area (Å²) in [5.74, 6) is 1.51. The van der Waals surface area contributed by atoms with Crippen LogP contribution in [0.3, 0.4) is 0 Å². The Morgan fingerprint density at radius 3 is 2.55 bits per heavy atom. The zero-order valence-electron chi connectivity index (χ0n) is 18.4. The summed E-state index contributed by atoms with van der Waals surface area (Å²) in [6.45, 7) is 2.70. The molecule has 1 fully saturated rings. The summed E-state index contributed by atoms with van der Waals surface area (Å²) in [5.41, 5.74) is 1.50. The Bertz CT molecular complexity index is 881. The van der Waals surface area contributed by atoms with Crippen LogP contribution in [0.15, 0.2) is 53.4 Å². The van der Waals surface area contributed by atoms with E-state index in [0.717, 1.165) is 22.8 Å². The van der Waals surface area contributed by atoms with Crippen molar-refractivity contribution >= 4 is 23.6 Å². The molecule has 2 amide bonds. The van der Waals surface area contributed by atoms with Gasteiger partial charge in [0.2, 0.25) is 5.91 Å². The highest BCUT2D eigenvalue weighted by Crippen LogP contribution is 2.27. The molecule has 0 unspecified atom stereocenters. The summed E-state index contributed by atoms with van der Waals surface area (Å²) in [4.78, 5) is 26.1. The van der Waals surface area contributed by atoms with Crippen molar-refractivity contribution in [2.75, 3.05) is 19.4 Å². The van der Waals surface area contributed by atoms with E-state index in [1.165, 1.54) is 43.9 Å². The Morgan fingerprint density at radius 1 is 1.06 bits per heavy atom. The normalized spacial score (nSPS) is 15.2. The summed E-state index contributed by atoms with van der Waals surface area (Å²) in [7, 11) is 1.62. The zero-order chi connectivity index (χ0) is 22.1. The number of thioether (sulfide) groups is 1. The van der Waals surface area contributed by atoms with E-state index in [2.05, 4.69) is 10.6 Å². The molecule has 1 saturated carbocycles. The minimum absolute atomic E-state index is 0.0215. The molecule has 0 bridgehead atoms. The molecule has 5 nitrogen and oxygen atoms in total. The van der Waals surface area contributed by atoms with Crippen molar-refractivity contribution in [3.8, 4) is 5.75 Å². The molecule has 166 valence electrons. The quantitative estimate of drug-likeness (QED) is 0.540. The van der Waals surface area contributed by atoms with Gasteiger partial charge in [-0.3, -0.25) is 9.59 Å². The minimum Gasteiger partial charge on any atom is -0.496 e. The topological polar surface area (TPSA) is 67.4 Å². The number of benzene rings is 2. The van der Waals surface area contributed by atoms with E-state index in [4.69, 9.17) is 4.74 Å². The molecule has 0 aliphatic heterocycles. The van der Waals surface area contributed by atoms with Gasteiger partial charge in [0.05, 0.1) is 24.5 Å². The van der Waals surface area contributed by atoms with E-state index < -0.39 is 0 Å². The Kier molecular flexibility index (Phi) is 8.83. The second-order valence-electron chi connectivity index (χ2n) is 8.03. The molecule has 0 spiro atoms. The van der Waals surface area contributed by atoms with Crippen molar-refractivity contribution in [3.05, 3.63) is 59.7 Å². The number of carbonyl (C=O) groups excluding carboxylic acids is 2. The minimum atomic E-state index is -0.208. The molecule has 0 saturated heterocycles. The summed E-state index contributed by atoms with van der Waals surface area (Å²) >= 11 is 1.40. The predicted molar refractivity (Wildman–Crippen MR) is 126 cm³/mol. The number of methoxy groups -OCH3 is 1. The Labute approximate surface area is 189 Å². The average Bonchev–Trinajstić information content (AvgIpc) is 2.82. The lowest BCUT2D eigenvalue weighted by Gasteiger charge is -2.21. The molecule has 1 atom stereocenters. The largest absolute Gasteiger partial charge is 0.496 e. The van der Waals surface area contributed by atoms with Gasteiger partial charge in [0.15, 0.2) is 0 Å². The first kappa shape index (κ1) is 23.2. The van der Waals surface area contributed by atoms with Crippen LogP contribution >= 0.6 is 11.8 Å². The van der Waals surface area contributed by atoms with Crippen LogP contribution in [0.2, 0.25) is 0 Å². The fourth-order valence-corrected chi connectivity index (χ4v) is 4.88. The lowest BCUT2D eigenvalue weighted by atomic mass is 9.89. The van der Waals surface area contributed by atoms with Gasteiger partial charge in [-0.15, -0.1) is 11.8 Å². The summed E-state index contributed by atoms with van der Waals surface area (Å²) < 4.78 is 5.41. The maximum atomic E-state index is 13.0. The van der Waals surface area contributed by atoms with E-state index in [0.29, 0.717) is 17.2 Å². The number of nitrogens with one attached hydrogen (secondary N) is 2. The van der Waals surface area contributed by atoms with Gasteiger partial charge in [0.1, 0.15) is 5.75 Å². The SMILES string of the molecule is COc1ccccc1[C@H](C)NC(=O)c1ccccc1SCC(=O)NCC1CCCCC1. The molecule has 1 aliphatic rings. The molecule has 0 aromatic heterocycles. The smallest absolute Gasteiger partial charge is 0.252 e. The second kappa shape index (κ2) is 11.8. The van der Waals surface area contributed by atoms with Crippen molar-refractivity contribution in [1.82, 2.24) is 10.6 Å². The zero-order valence-corrected chi connectivity index (χ0v) is 19.2. The van der Waals surface area contributed by atoms with Gasteiger partial charge >= 0.3 is 0 Å². The van der Waals surface area contributed by atoms with E-state index >= 15 is 0 Å². The van der Waals surface area contributed by atoms with Crippen molar-refractivity contribution in [2.45, 2.75) is 50.0 Å². The van der Waals surface area contributed by atoms with Gasteiger partial charge in [0.25, 0.3) is 5.91 Å². The first-order valence-electron chi connectivity index (χ1n) is 11.0. The van der Waals surface area contributed by atoms with E-state index in [-0.39, 0.29) is 17.9 Å². The van der Waals surface area contributed by atoms with Crippen LogP contribution in [0.4, 0.5) is 0 Å². The van der Waals surface area contributed by atoms with Gasteiger partial charge in [-0.1, -0.05) is 49.6 Å². The molecule has 3 rings (SSSR count). The monoisotopic (exact) mass is 440 g/mol. The molecule has 1 aliphatic carbocycles. The third kappa shape index (κ3) is 6.76. The number of carbonyl (C=O) groups is 2. The maximum Gasteiger partial charge on any atom is 0.252 e. The highest BCUT2D eigenvalue weighted by Gasteiger charge is 2.18. The molecule has 6 heteroatoms. The van der Waals surface area contributed by atoms with Crippen molar-refractivity contribution in [2.24, 2.45) is 5.92 Å². The van der Waals surface area contributed by atoms with Gasteiger partial charge in [0, 0.05) is 17.0 Å². The Hall–Kier alpha value is -2.47. The Morgan fingerprint density at radius 2 is 1.77 bits per heavy atom. The first-order chi connectivity index (χ1) is 15.1. The number of hydrogen-bond donors (Lipinski definition) is 2. The second-order valence-corrected chi connectivity index (χ2v) is 9.05. The number of para-hydroxylation sites is 1. The number of hydrogen-bond acceptors (Lipinski definition) is 4. The van der Waals surface area contributed by atoms with Crippen LogP contribution in [0, 0.1) is 5.92 Å². The van der Waals surface area contributed by atoms with E-state index in [9.17, 15) is 9.59 Å². The van der Waals surface area contributed by atoms with E-state index in [1.54, 1.807) is 13.2 Å². The van der Waals surface area contributed by atoms with Crippen LogP contribution in [0.1, 0.15) is 61.0 Å². The van der Waals surface area contributed by atoms with Gasteiger partial charge in [-0.2, -0.15) is 0 Å². The third-order valence-electron chi connectivity index (χ3n) is 5.76. The molecular formula is C25H32N2O3S. The third-order valence-corrected chi connectivity index (χ3v) is 6.83. The summed E-state index contributed by atoms with van der Waals surface area (Å²) in [6, 6.07) is 14.9. The predicted octanol–water partition coefficient (Wildman–Crippen LogP) is 4.97. The van der Waals surface area contributed by atoms with Crippen LogP contribution in [0.25, 0.3) is 0 Å². The van der Waals surface area contributed by atoms with Gasteiger partial charge in [-0.25, -0.2) is 0 Å². The van der Waals surface area contributed by atoms with Crippen LogP contribution < -0.4 is 15.4 Å². The number of rotatable bonds is 9. The molecule has 0 heterocycles. The summed E-state index contributed by atoms with van der Waals surface area (Å²) in [5, 5.41) is 6.11. The standard InChI is InChI=1S/C25H32N2O3S/c1-18(20-12-6-8-14-22(20)30-2)27-25(29)21-13-7-9-15-23(21)31-17-24(28)26-16-19-10-4-3-5-11-19/h6-9,12-15,18-19H,3-5,10-11,16-17H2,1-2H3,(H,26,28)(H,27,29)/t18-/m0/s1. The highest BCUT2D eigenvalue weighted by atomic mass is 32.2. The fourth-order valence-electron chi connectivity index (χ4n) is 4.00. The molecule has 0 radical (unpaired) electrons. The first-order valence-corrected chi connectivity index (χ1v) is 12.0. The molecule has 2 N–H and O–H groups in total. The maximum absolute atomic E-state index is 13.0. The fraction of sp³-hybridized carbons (Fsp3) is 0.440. The highest BCUT2D eigenvalue weighted by molar-refractivity contribution is 8.00. The van der Waals surface area contributed by atoms with Crippen LogP contribution in [0.5, 0.6) is 5.75 Å². The lowest BCUT2D eigenvalue weighted by Crippen LogP contribution is -2.31. The van der Waals surface area contributed by atoms with Crippen LogP contribution in [-0.2, 0) is 4.79 Å². The average molecular weight is 441 g/mol. The molecule has 31 heavy (non-hydrogen) atoms. The molecule has 2 aromatic rings. The molecular weight excluding hydrogens is 408 g/mol. The number of amides is 2. The van der Waals surface area contributed by atoms with Gasteiger partial charge < -0.3 is 15.4 Å². The van der Waals surface area contributed by atoms with Crippen molar-refractivity contribution in [1.29, 1.82) is 0 Å². The lowest BCUT2D eigenvalue weighted by molar-refractivity contribution is -0.118. The van der Waals surface area contributed by atoms with Crippen LogP contribution in [-0.4, -0.2) is 31.2 Å². The van der Waals surface area contributed by atoms with E-state index in [1.807, 2.05) is 49.4 Å². The Balaban J connectivity index is 1.56. The summed E-state index contributed by atoms with van der Waals surface area (Å²) in [6.07, 6.45) is 6.27. The molecule has 2 aromatic carbocycles.